The molecule has 0 aliphatic carbocycles. The highest BCUT2D eigenvalue weighted by Gasteiger charge is 2.19. The smallest absolute Gasteiger partial charge is 0.142 e. The zero-order chi connectivity index (χ0) is 13.0. The van der Waals surface area contributed by atoms with Crippen LogP contribution in [0.1, 0.15) is 24.8 Å². The van der Waals surface area contributed by atoms with E-state index >= 15 is 0 Å². The van der Waals surface area contributed by atoms with Crippen LogP contribution in [0, 0.1) is 11.7 Å². The molecule has 18 heavy (non-hydrogen) atoms. The minimum atomic E-state index is -0.329. The summed E-state index contributed by atoms with van der Waals surface area (Å²) in [6.45, 7) is 3.72. The molecule has 1 aromatic rings. The third-order valence-corrected chi connectivity index (χ3v) is 3.87. The predicted octanol–water partition coefficient (Wildman–Crippen LogP) is 3.04. The van der Waals surface area contributed by atoms with Crippen molar-refractivity contribution >= 4 is 11.6 Å². The van der Waals surface area contributed by atoms with E-state index in [0.29, 0.717) is 5.92 Å². The van der Waals surface area contributed by atoms with E-state index in [1.807, 2.05) is 6.07 Å². The molecule has 1 atom stereocenters. The quantitative estimate of drug-likeness (QED) is 0.911. The average molecular weight is 271 g/mol. The molecule has 1 fully saturated rings. The van der Waals surface area contributed by atoms with Crippen LogP contribution in [0.25, 0.3) is 0 Å². The maximum absolute atomic E-state index is 13.4. The summed E-state index contributed by atoms with van der Waals surface area (Å²) in [6, 6.07) is 5.07. The van der Waals surface area contributed by atoms with Gasteiger partial charge < -0.3 is 5.73 Å². The van der Waals surface area contributed by atoms with E-state index in [0.717, 1.165) is 38.2 Å². The van der Waals surface area contributed by atoms with E-state index in [2.05, 4.69) is 4.90 Å². The Morgan fingerprint density at radius 3 is 3.00 bits per heavy atom. The van der Waals surface area contributed by atoms with E-state index in [9.17, 15) is 4.39 Å². The third kappa shape index (κ3) is 3.67. The fourth-order valence-electron chi connectivity index (χ4n) is 2.66. The zero-order valence-electron chi connectivity index (χ0n) is 10.5. The van der Waals surface area contributed by atoms with Gasteiger partial charge in [-0.05, 0) is 56.0 Å². The van der Waals surface area contributed by atoms with E-state index in [4.69, 9.17) is 17.3 Å². The molecule has 2 nitrogen and oxygen atoms in total. The van der Waals surface area contributed by atoms with E-state index < -0.39 is 0 Å². The van der Waals surface area contributed by atoms with Gasteiger partial charge in [-0.25, -0.2) is 4.39 Å². The maximum atomic E-state index is 13.4. The van der Waals surface area contributed by atoms with Crippen LogP contribution in [0.15, 0.2) is 18.2 Å². The number of likely N-dealkylation sites (tertiary alicyclic amines) is 1. The molecule has 1 unspecified atom stereocenters. The Morgan fingerprint density at radius 2 is 2.28 bits per heavy atom. The van der Waals surface area contributed by atoms with Gasteiger partial charge >= 0.3 is 0 Å². The molecule has 2 N–H and O–H groups in total. The van der Waals surface area contributed by atoms with Crippen molar-refractivity contribution in [3.8, 4) is 0 Å². The number of nitrogens with zero attached hydrogens (tertiary/aromatic N) is 1. The number of hydrogen-bond donors (Lipinski definition) is 1. The van der Waals surface area contributed by atoms with Gasteiger partial charge in [-0.1, -0.05) is 17.7 Å². The van der Waals surface area contributed by atoms with Gasteiger partial charge in [-0.3, -0.25) is 4.90 Å². The molecule has 1 saturated heterocycles. The van der Waals surface area contributed by atoms with E-state index in [-0.39, 0.29) is 10.8 Å². The molecule has 0 bridgehead atoms. The number of benzene rings is 1. The van der Waals surface area contributed by atoms with Crippen molar-refractivity contribution in [2.45, 2.75) is 25.8 Å². The molecule has 0 spiro atoms. The van der Waals surface area contributed by atoms with Crippen molar-refractivity contribution in [1.29, 1.82) is 0 Å². The predicted molar refractivity (Wildman–Crippen MR) is 73.1 cm³/mol. The van der Waals surface area contributed by atoms with Gasteiger partial charge in [0.05, 0.1) is 5.02 Å². The van der Waals surface area contributed by atoms with Crippen LogP contribution in [-0.4, -0.2) is 24.5 Å². The Kier molecular flexibility index (Phi) is 4.98. The highest BCUT2D eigenvalue weighted by Crippen LogP contribution is 2.22. The summed E-state index contributed by atoms with van der Waals surface area (Å²) < 4.78 is 13.4. The molecule has 1 aliphatic rings. The lowest BCUT2D eigenvalue weighted by atomic mass is 9.94. The maximum Gasteiger partial charge on any atom is 0.142 e. The Labute approximate surface area is 113 Å². The van der Waals surface area contributed by atoms with Crippen LogP contribution in [0.5, 0.6) is 0 Å². The van der Waals surface area contributed by atoms with Crippen LogP contribution < -0.4 is 5.73 Å². The van der Waals surface area contributed by atoms with E-state index in [1.165, 1.54) is 18.9 Å². The highest BCUT2D eigenvalue weighted by atomic mass is 35.5. The van der Waals surface area contributed by atoms with Gasteiger partial charge in [0.25, 0.3) is 0 Å². The van der Waals surface area contributed by atoms with Gasteiger partial charge in [0.1, 0.15) is 5.82 Å². The normalized spacial score (nSPS) is 21.2. The molecular weight excluding hydrogens is 251 g/mol. The summed E-state index contributed by atoms with van der Waals surface area (Å²) in [4.78, 5) is 2.38. The Morgan fingerprint density at radius 1 is 1.44 bits per heavy atom. The van der Waals surface area contributed by atoms with Crippen molar-refractivity contribution in [2.24, 2.45) is 11.7 Å². The van der Waals surface area contributed by atoms with Crippen molar-refractivity contribution in [3.05, 3.63) is 34.6 Å². The summed E-state index contributed by atoms with van der Waals surface area (Å²) in [5.74, 6) is 0.366. The van der Waals surface area contributed by atoms with Crippen molar-refractivity contribution in [3.63, 3.8) is 0 Å². The molecular formula is C14H20ClFN2. The minimum Gasteiger partial charge on any atom is -0.330 e. The molecule has 0 amide bonds. The van der Waals surface area contributed by atoms with Gasteiger partial charge in [0.15, 0.2) is 0 Å². The van der Waals surface area contributed by atoms with Gasteiger partial charge in [0, 0.05) is 13.1 Å². The number of piperidine rings is 1. The van der Waals surface area contributed by atoms with Crippen LogP contribution >= 0.6 is 11.6 Å². The molecule has 0 radical (unpaired) electrons. The second-order valence-electron chi connectivity index (χ2n) is 5.07. The first-order valence-electron chi connectivity index (χ1n) is 6.55. The molecule has 1 aromatic carbocycles. The molecule has 0 aromatic heterocycles. The number of rotatable bonds is 4. The summed E-state index contributed by atoms with van der Waals surface area (Å²) in [5.41, 5.74) is 6.60. The van der Waals surface area contributed by atoms with Crippen LogP contribution in [-0.2, 0) is 6.54 Å². The molecule has 4 heteroatoms. The van der Waals surface area contributed by atoms with Crippen LogP contribution in [0.4, 0.5) is 4.39 Å². The van der Waals surface area contributed by atoms with Gasteiger partial charge in [-0.15, -0.1) is 0 Å². The second kappa shape index (κ2) is 6.50. The summed E-state index contributed by atoms with van der Waals surface area (Å²) >= 11 is 5.69. The minimum absolute atomic E-state index is 0.193. The molecule has 0 saturated carbocycles. The first-order valence-corrected chi connectivity index (χ1v) is 6.93. The van der Waals surface area contributed by atoms with Crippen molar-refractivity contribution in [2.75, 3.05) is 19.6 Å². The standard InChI is InChI=1S/C14H20ClFN2/c15-13-4-3-12(8-14(13)16)10-18-7-1-2-11(9-18)5-6-17/h3-4,8,11H,1-2,5-7,9-10,17H2. The molecule has 2 rings (SSSR count). The number of hydrogen-bond acceptors (Lipinski definition) is 2. The fraction of sp³-hybridized carbons (Fsp3) is 0.571. The average Bonchev–Trinajstić information content (AvgIpc) is 2.35. The summed E-state index contributed by atoms with van der Waals surface area (Å²) in [7, 11) is 0. The lowest BCUT2D eigenvalue weighted by molar-refractivity contribution is 0.163. The lowest BCUT2D eigenvalue weighted by Crippen LogP contribution is -2.35. The topological polar surface area (TPSA) is 29.3 Å². The summed E-state index contributed by atoms with van der Waals surface area (Å²) in [5, 5.41) is 0.193. The fourth-order valence-corrected chi connectivity index (χ4v) is 2.78. The molecule has 100 valence electrons. The zero-order valence-corrected chi connectivity index (χ0v) is 11.3. The first kappa shape index (κ1) is 13.8. The molecule has 1 aliphatic heterocycles. The first-order chi connectivity index (χ1) is 8.69. The SMILES string of the molecule is NCCC1CCCN(Cc2ccc(Cl)c(F)c2)C1. The van der Waals surface area contributed by atoms with Gasteiger partial charge in [0.2, 0.25) is 0 Å². The van der Waals surface area contributed by atoms with E-state index in [1.54, 1.807) is 6.07 Å². The highest BCUT2D eigenvalue weighted by molar-refractivity contribution is 6.30. The van der Waals surface area contributed by atoms with Gasteiger partial charge in [-0.2, -0.15) is 0 Å². The van der Waals surface area contributed by atoms with Crippen molar-refractivity contribution in [1.82, 2.24) is 4.90 Å². The molecule has 1 heterocycles. The lowest BCUT2D eigenvalue weighted by Gasteiger charge is -2.32. The second-order valence-corrected chi connectivity index (χ2v) is 5.48. The van der Waals surface area contributed by atoms with Crippen LogP contribution in [0.3, 0.4) is 0 Å². The number of halogens is 2. The largest absolute Gasteiger partial charge is 0.330 e. The Hall–Kier alpha value is -0.640. The van der Waals surface area contributed by atoms with Crippen molar-refractivity contribution < 1.29 is 4.39 Å². The monoisotopic (exact) mass is 270 g/mol. The van der Waals surface area contributed by atoms with Crippen LogP contribution in [0.2, 0.25) is 5.02 Å². The Bertz CT molecular complexity index is 395. The third-order valence-electron chi connectivity index (χ3n) is 3.57. The Balaban J connectivity index is 1.93. The summed E-state index contributed by atoms with van der Waals surface area (Å²) in [6.07, 6.45) is 3.56. The number of nitrogens with two attached hydrogens (primary N) is 1.